The molecule has 2 unspecified atom stereocenters. The van der Waals surface area contributed by atoms with Crippen molar-refractivity contribution in [2.24, 2.45) is 0 Å². The minimum Gasteiger partial charge on any atom is -0.336 e. The molecule has 0 saturated carbocycles. The summed E-state index contributed by atoms with van der Waals surface area (Å²) in [7, 11) is 0. The number of hydrogen-bond acceptors (Lipinski definition) is 2. The third kappa shape index (κ3) is 3.45. The Morgan fingerprint density at radius 3 is 1.53 bits per heavy atom. The van der Waals surface area contributed by atoms with Gasteiger partial charge in [-0.05, 0) is 26.7 Å². The Hall–Kier alpha value is -1.06. The Morgan fingerprint density at radius 1 is 0.882 bits per heavy atom. The molecule has 0 aromatic heterocycles. The molecule has 2 amide bonds. The molecule has 17 heavy (non-hydrogen) atoms. The second-order valence-corrected chi connectivity index (χ2v) is 5.35. The first-order valence-corrected chi connectivity index (χ1v) is 6.68. The average molecular weight is 238 g/mol. The molecule has 2 saturated heterocycles. The van der Waals surface area contributed by atoms with E-state index in [1.165, 1.54) is 0 Å². The van der Waals surface area contributed by atoms with Crippen LogP contribution in [0.5, 0.6) is 0 Å². The van der Waals surface area contributed by atoms with Crippen molar-refractivity contribution in [2.75, 3.05) is 13.1 Å². The number of amides is 2. The van der Waals surface area contributed by atoms with Crippen molar-refractivity contribution in [3.8, 4) is 0 Å². The molecule has 4 nitrogen and oxygen atoms in total. The molecule has 0 aromatic rings. The SMILES string of the molecule is CC1CN1C(=O)CCCCCC(=O)N1CC1C. The van der Waals surface area contributed by atoms with Crippen LogP contribution in [0.25, 0.3) is 0 Å². The number of hydrogen-bond donors (Lipinski definition) is 0. The number of nitrogens with zero attached hydrogens (tertiary/aromatic N) is 2. The highest BCUT2D eigenvalue weighted by Crippen LogP contribution is 2.20. The lowest BCUT2D eigenvalue weighted by atomic mass is 10.1. The van der Waals surface area contributed by atoms with Gasteiger partial charge in [-0.3, -0.25) is 9.59 Å². The first-order valence-electron chi connectivity index (χ1n) is 6.68. The molecule has 2 aliphatic rings. The lowest BCUT2D eigenvalue weighted by Gasteiger charge is -2.04. The summed E-state index contributed by atoms with van der Waals surface area (Å²) in [5, 5.41) is 0. The van der Waals surface area contributed by atoms with Crippen molar-refractivity contribution in [2.45, 2.75) is 58.0 Å². The van der Waals surface area contributed by atoms with Crippen LogP contribution in [0.1, 0.15) is 46.0 Å². The van der Waals surface area contributed by atoms with Gasteiger partial charge in [0.15, 0.2) is 0 Å². The highest BCUT2D eigenvalue weighted by atomic mass is 16.2. The third-order valence-corrected chi connectivity index (χ3v) is 3.64. The van der Waals surface area contributed by atoms with Gasteiger partial charge in [-0.1, -0.05) is 6.42 Å². The maximum absolute atomic E-state index is 11.5. The largest absolute Gasteiger partial charge is 0.336 e. The average Bonchev–Trinajstić information content (AvgIpc) is 3.16. The highest BCUT2D eigenvalue weighted by molar-refractivity contribution is 5.79. The smallest absolute Gasteiger partial charge is 0.222 e. The molecular weight excluding hydrogens is 216 g/mol. The number of unbranched alkanes of at least 4 members (excludes halogenated alkanes) is 2. The van der Waals surface area contributed by atoms with Crippen LogP contribution < -0.4 is 0 Å². The quantitative estimate of drug-likeness (QED) is 0.518. The minimum absolute atomic E-state index is 0.281. The molecule has 0 N–H and O–H groups in total. The van der Waals surface area contributed by atoms with Gasteiger partial charge >= 0.3 is 0 Å². The minimum atomic E-state index is 0.281. The normalized spacial score (nSPS) is 26.0. The van der Waals surface area contributed by atoms with Crippen LogP contribution in [0.15, 0.2) is 0 Å². The maximum Gasteiger partial charge on any atom is 0.222 e. The highest BCUT2D eigenvalue weighted by Gasteiger charge is 2.34. The molecule has 0 radical (unpaired) electrons. The molecule has 2 heterocycles. The van der Waals surface area contributed by atoms with Crippen molar-refractivity contribution in [3.05, 3.63) is 0 Å². The van der Waals surface area contributed by atoms with Gasteiger partial charge < -0.3 is 9.80 Å². The van der Waals surface area contributed by atoms with Gasteiger partial charge in [-0.15, -0.1) is 0 Å². The molecule has 2 fully saturated rings. The van der Waals surface area contributed by atoms with Gasteiger partial charge in [0.1, 0.15) is 0 Å². The second kappa shape index (κ2) is 5.07. The zero-order chi connectivity index (χ0) is 12.4. The van der Waals surface area contributed by atoms with Gasteiger partial charge in [-0.25, -0.2) is 0 Å². The van der Waals surface area contributed by atoms with E-state index < -0.39 is 0 Å². The van der Waals surface area contributed by atoms with Gasteiger partial charge in [0.25, 0.3) is 0 Å². The topological polar surface area (TPSA) is 40.2 Å². The van der Waals surface area contributed by atoms with Crippen LogP contribution in [-0.2, 0) is 9.59 Å². The van der Waals surface area contributed by atoms with Crippen LogP contribution in [0.3, 0.4) is 0 Å². The first kappa shape index (κ1) is 12.4. The van der Waals surface area contributed by atoms with Crippen LogP contribution >= 0.6 is 0 Å². The van der Waals surface area contributed by atoms with E-state index in [1.807, 2.05) is 9.80 Å². The van der Waals surface area contributed by atoms with E-state index in [-0.39, 0.29) is 11.8 Å². The molecule has 2 aliphatic heterocycles. The van der Waals surface area contributed by atoms with Crippen molar-refractivity contribution in [1.82, 2.24) is 9.80 Å². The zero-order valence-electron chi connectivity index (χ0n) is 10.8. The molecule has 0 aliphatic carbocycles. The van der Waals surface area contributed by atoms with Gasteiger partial charge in [0, 0.05) is 38.0 Å². The predicted octanol–water partition coefficient (Wildman–Crippen LogP) is 1.40. The summed E-state index contributed by atoms with van der Waals surface area (Å²) in [4.78, 5) is 26.9. The predicted molar refractivity (Wildman–Crippen MR) is 65.4 cm³/mol. The standard InChI is InChI=1S/C13H22N2O2/c1-10-8-14(10)12(16)6-4-3-5-7-13(17)15-9-11(15)2/h10-11H,3-9H2,1-2H3. The van der Waals surface area contributed by atoms with Crippen molar-refractivity contribution in [3.63, 3.8) is 0 Å². The molecular formula is C13H22N2O2. The molecule has 2 rings (SSSR count). The van der Waals surface area contributed by atoms with Gasteiger partial charge in [0.2, 0.25) is 11.8 Å². The summed E-state index contributed by atoms with van der Waals surface area (Å²) in [6, 6.07) is 0.932. The van der Waals surface area contributed by atoms with Crippen molar-refractivity contribution >= 4 is 11.8 Å². The van der Waals surface area contributed by atoms with Crippen LogP contribution in [0.4, 0.5) is 0 Å². The van der Waals surface area contributed by atoms with Crippen molar-refractivity contribution < 1.29 is 9.59 Å². The summed E-state index contributed by atoms with van der Waals surface area (Å²) >= 11 is 0. The molecule has 2 atom stereocenters. The Kier molecular flexibility index (Phi) is 3.69. The van der Waals surface area contributed by atoms with E-state index in [1.54, 1.807) is 0 Å². The Bertz CT molecular complexity index is 287. The van der Waals surface area contributed by atoms with E-state index in [0.29, 0.717) is 24.9 Å². The van der Waals surface area contributed by atoms with Gasteiger partial charge in [0.05, 0.1) is 0 Å². The zero-order valence-corrected chi connectivity index (χ0v) is 10.8. The number of carbonyl (C=O) groups excluding carboxylic acids is 2. The molecule has 0 spiro atoms. The third-order valence-electron chi connectivity index (χ3n) is 3.64. The van der Waals surface area contributed by atoms with Crippen LogP contribution in [0, 0.1) is 0 Å². The molecule has 0 aromatic carbocycles. The fraction of sp³-hybridized carbons (Fsp3) is 0.846. The van der Waals surface area contributed by atoms with Crippen LogP contribution in [-0.4, -0.2) is 46.8 Å². The summed E-state index contributed by atoms with van der Waals surface area (Å²) in [6.45, 7) is 6.01. The van der Waals surface area contributed by atoms with Gasteiger partial charge in [-0.2, -0.15) is 0 Å². The fourth-order valence-electron chi connectivity index (χ4n) is 2.19. The first-order chi connectivity index (χ1) is 8.09. The van der Waals surface area contributed by atoms with E-state index in [9.17, 15) is 9.59 Å². The lowest BCUT2D eigenvalue weighted by Crippen LogP contribution is -2.13. The van der Waals surface area contributed by atoms with E-state index in [4.69, 9.17) is 0 Å². The van der Waals surface area contributed by atoms with Crippen LogP contribution in [0.2, 0.25) is 0 Å². The summed E-state index contributed by atoms with van der Waals surface area (Å²) in [5.74, 6) is 0.562. The monoisotopic (exact) mass is 238 g/mol. The summed E-state index contributed by atoms with van der Waals surface area (Å²) in [5.41, 5.74) is 0. The molecule has 0 bridgehead atoms. The number of carbonyl (C=O) groups is 2. The van der Waals surface area contributed by atoms with E-state index in [0.717, 1.165) is 32.4 Å². The Morgan fingerprint density at radius 2 is 1.24 bits per heavy atom. The fourth-order valence-corrected chi connectivity index (χ4v) is 2.19. The number of rotatable bonds is 6. The van der Waals surface area contributed by atoms with Crippen molar-refractivity contribution in [1.29, 1.82) is 0 Å². The summed E-state index contributed by atoms with van der Waals surface area (Å²) in [6.07, 6.45) is 4.13. The maximum atomic E-state index is 11.5. The lowest BCUT2D eigenvalue weighted by molar-refractivity contribution is -0.126. The Balaban J connectivity index is 1.46. The second-order valence-electron chi connectivity index (χ2n) is 5.35. The molecule has 96 valence electrons. The summed E-state index contributed by atoms with van der Waals surface area (Å²) < 4.78 is 0. The van der Waals surface area contributed by atoms with E-state index in [2.05, 4.69) is 13.8 Å². The Labute approximate surface area is 103 Å². The van der Waals surface area contributed by atoms with E-state index >= 15 is 0 Å². The molecule has 4 heteroatoms.